The van der Waals surface area contributed by atoms with Crippen LogP contribution in [0.5, 0.6) is 11.5 Å². The fourth-order valence-electron chi connectivity index (χ4n) is 5.11. The molecule has 3 aromatic rings. The van der Waals surface area contributed by atoms with Gasteiger partial charge in [-0.05, 0) is 31.4 Å². The Labute approximate surface area is 184 Å². The Hall–Kier alpha value is -2.77. The van der Waals surface area contributed by atoms with E-state index in [0.717, 1.165) is 43.2 Å². The Morgan fingerprint density at radius 1 is 1.16 bits per heavy atom. The van der Waals surface area contributed by atoms with Gasteiger partial charge in [0.05, 0.1) is 16.3 Å². The highest BCUT2D eigenvalue weighted by atomic mass is 35.5. The van der Waals surface area contributed by atoms with Crippen molar-refractivity contribution in [2.45, 2.75) is 32.4 Å². The summed E-state index contributed by atoms with van der Waals surface area (Å²) >= 11 is 6.45. The van der Waals surface area contributed by atoms with Crippen molar-refractivity contribution >= 4 is 11.6 Å². The first-order valence-corrected chi connectivity index (χ1v) is 10.9. The molecule has 3 aliphatic rings. The van der Waals surface area contributed by atoms with Gasteiger partial charge in [-0.1, -0.05) is 17.7 Å². The van der Waals surface area contributed by atoms with Crippen LogP contribution in [0.1, 0.15) is 29.5 Å². The number of benzene rings is 1. The second kappa shape index (κ2) is 7.14. The van der Waals surface area contributed by atoms with Crippen LogP contribution >= 0.6 is 11.6 Å². The third kappa shape index (κ3) is 3.23. The van der Waals surface area contributed by atoms with Crippen LogP contribution in [-0.2, 0) is 13.1 Å². The van der Waals surface area contributed by atoms with E-state index < -0.39 is 0 Å². The predicted octanol–water partition coefficient (Wildman–Crippen LogP) is 3.81. The predicted molar refractivity (Wildman–Crippen MR) is 115 cm³/mol. The van der Waals surface area contributed by atoms with Crippen LogP contribution in [0.25, 0.3) is 11.5 Å². The quantitative estimate of drug-likeness (QED) is 0.618. The number of fused-ring (bicyclic) bond motifs is 5. The minimum atomic E-state index is 0.109. The van der Waals surface area contributed by atoms with E-state index in [1.165, 1.54) is 0 Å². The second-order valence-electron chi connectivity index (χ2n) is 8.60. The van der Waals surface area contributed by atoms with Gasteiger partial charge in [-0.3, -0.25) is 9.69 Å². The Morgan fingerprint density at radius 3 is 2.87 bits per heavy atom. The van der Waals surface area contributed by atoms with Crippen molar-refractivity contribution in [3.05, 3.63) is 62.9 Å². The molecule has 0 saturated carbocycles. The van der Waals surface area contributed by atoms with Crippen molar-refractivity contribution in [2.75, 3.05) is 19.9 Å². The maximum absolute atomic E-state index is 12.2. The zero-order chi connectivity index (χ0) is 21.1. The molecule has 160 valence electrons. The Morgan fingerprint density at radius 2 is 2.00 bits per heavy atom. The number of hydrogen-bond acceptors (Lipinski definition) is 6. The molecule has 7 nitrogen and oxygen atoms in total. The van der Waals surface area contributed by atoms with Gasteiger partial charge in [0.15, 0.2) is 11.5 Å². The zero-order valence-electron chi connectivity index (χ0n) is 17.1. The van der Waals surface area contributed by atoms with Crippen LogP contribution in [0.15, 0.2) is 39.5 Å². The molecule has 0 aliphatic carbocycles. The molecular formula is C23H22ClN3O4. The summed E-state index contributed by atoms with van der Waals surface area (Å²) in [6.07, 6.45) is 1.13. The molecule has 2 atom stereocenters. The van der Waals surface area contributed by atoms with Gasteiger partial charge in [0.25, 0.3) is 5.56 Å². The fourth-order valence-corrected chi connectivity index (χ4v) is 5.34. The number of pyridine rings is 1. The van der Waals surface area contributed by atoms with E-state index in [1.54, 1.807) is 12.1 Å². The van der Waals surface area contributed by atoms with Gasteiger partial charge in [0.1, 0.15) is 5.76 Å². The maximum Gasteiger partial charge on any atom is 0.250 e. The monoisotopic (exact) mass is 439 g/mol. The number of oxazole rings is 1. The molecule has 2 unspecified atom stereocenters. The second-order valence-corrected chi connectivity index (χ2v) is 9.01. The molecule has 6 rings (SSSR count). The minimum absolute atomic E-state index is 0.109. The first kappa shape index (κ1) is 19.0. The SMILES string of the molecule is Cc1oc(-c2cc3c(cc2Cl)OCO3)nc1CN1CC2CC(C1)c1cccc(=O)n1C2. The molecule has 1 fully saturated rings. The number of aryl methyl sites for hydroxylation is 1. The minimum Gasteiger partial charge on any atom is -0.454 e. The summed E-state index contributed by atoms with van der Waals surface area (Å²) in [7, 11) is 0. The normalized spacial score (nSPS) is 21.9. The highest BCUT2D eigenvalue weighted by Crippen LogP contribution is 2.41. The lowest BCUT2D eigenvalue weighted by molar-refractivity contribution is 0.113. The molecule has 0 radical (unpaired) electrons. The van der Waals surface area contributed by atoms with E-state index in [-0.39, 0.29) is 12.4 Å². The smallest absolute Gasteiger partial charge is 0.250 e. The van der Waals surface area contributed by atoms with Gasteiger partial charge in [-0.15, -0.1) is 0 Å². The topological polar surface area (TPSA) is 69.7 Å². The summed E-state index contributed by atoms with van der Waals surface area (Å²) in [5.74, 6) is 3.41. The Kier molecular flexibility index (Phi) is 4.36. The summed E-state index contributed by atoms with van der Waals surface area (Å²) < 4.78 is 18.8. The standard InChI is InChI=1S/C23H22ClN3O4/c1-13-18(25-23(31-13)16-6-20-21(7-17(16)24)30-12-29-20)11-26-8-14-5-15(10-26)19-3-2-4-22(28)27(19)9-14/h2-4,6-7,14-15H,5,8-12H2,1H3. The number of aromatic nitrogens is 2. The lowest BCUT2D eigenvalue weighted by atomic mass is 9.83. The van der Waals surface area contributed by atoms with Crippen LogP contribution in [0, 0.1) is 12.8 Å². The highest BCUT2D eigenvalue weighted by Gasteiger charge is 2.35. The number of nitrogens with zero attached hydrogens (tertiary/aromatic N) is 3. The molecule has 5 heterocycles. The molecule has 0 amide bonds. The lowest BCUT2D eigenvalue weighted by Crippen LogP contribution is -2.46. The summed E-state index contributed by atoms with van der Waals surface area (Å²) in [5.41, 5.74) is 2.87. The highest BCUT2D eigenvalue weighted by molar-refractivity contribution is 6.33. The zero-order valence-corrected chi connectivity index (χ0v) is 17.9. The van der Waals surface area contributed by atoms with Gasteiger partial charge >= 0.3 is 0 Å². The van der Waals surface area contributed by atoms with Crippen LogP contribution in [0.3, 0.4) is 0 Å². The molecule has 2 aromatic heterocycles. The van der Waals surface area contributed by atoms with Gasteiger partial charge in [0, 0.05) is 49.9 Å². The molecule has 1 saturated heterocycles. The fraction of sp³-hybridized carbons (Fsp3) is 0.391. The number of ether oxygens (including phenoxy) is 2. The molecule has 1 aromatic carbocycles. The third-order valence-electron chi connectivity index (χ3n) is 6.51. The first-order valence-electron chi connectivity index (χ1n) is 10.5. The van der Waals surface area contributed by atoms with Gasteiger partial charge in [-0.25, -0.2) is 4.98 Å². The van der Waals surface area contributed by atoms with Crippen LogP contribution < -0.4 is 15.0 Å². The van der Waals surface area contributed by atoms with Gasteiger partial charge in [-0.2, -0.15) is 0 Å². The van der Waals surface area contributed by atoms with E-state index in [0.29, 0.717) is 46.4 Å². The largest absolute Gasteiger partial charge is 0.454 e. The van der Waals surface area contributed by atoms with Crippen molar-refractivity contribution in [2.24, 2.45) is 5.92 Å². The van der Waals surface area contributed by atoms with Crippen molar-refractivity contribution in [3.8, 4) is 23.0 Å². The van der Waals surface area contributed by atoms with Crippen LogP contribution in [0.2, 0.25) is 5.02 Å². The lowest BCUT2D eigenvalue weighted by Gasteiger charge is -2.42. The van der Waals surface area contributed by atoms with E-state index in [1.807, 2.05) is 23.6 Å². The van der Waals surface area contributed by atoms with E-state index >= 15 is 0 Å². The van der Waals surface area contributed by atoms with Crippen molar-refractivity contribution < 1.29 is 13.9 Å². The third-order valence-corrected chi connectivity index (χ3v) is 6.83. The molecule has 0 N–H and O–H groups in total. The number of piperidine rings is 1. The van der Waals surface area contributed by atoms with Crippen molar-refractivity contribution in [1.29, 1.82) is 0 Å². The van der Waals surface area contributed by atoms with Crippen molar-refractivity contribution in [3.63, 3.8) is 0 Å². The summed E-state index contributed by atoms with van der Waals surface area (Å²) in [6, 6.07) is 9.18. The summed E-state index contributed by atoms with van der Waals surface area (Å²) in [6.45, 7) is 5.49. The first-order chi connectivity index (χ1) is 15.0. The average molecular weight is 440 g/mol. The van der Waals surface area contributed by atoms with Crippen molar-refractivity contribution in [1.82, 2.24) is 14.5 Å². The van der Waals surface area contributed by atoms with Gasteiger partial charge in [0.2, 0.25) is 12.7 Å². The summed E-state index contributed by atoms with van der Waals surface area (Å²) in [4.78, 5) is 19.4. The number of halogens is 1. The molecule has 3 aliphatic heterocycles. The average Bonchev–Trinajstić information content (AvgIpc) is 3.34. The van der Waals surface area contributed by atoms with E-state index in [9.17, 15) is 4.79 Å². The van der Waals surface area contributed by atoms with Crippen LogP contribution in [0.4, 0.5) is 0 Å². The Balaban J connectivity index is 1.25. The molecular weight excluding hydrogens is 418 g/mol. The molecule has 0 spiro atoms. The number of likely N-dealkylation sites (tertiary alicyclic amines) is 1. The van der Waals surface area contributed by atoms with Crippen LogP contribution in [-0.4, -0.2) is 34.3 Å². The Bertz CT molecular complexity index is 1230. The number of hydrogen-bond donors (Lipinski definition) is 0. The molecule has 2 bridgehead atoms. The molecule has 8 heteroatoms. The van der Waals surface area contributed by atoms with E-state index in [2.05, 4.69) is 11.0 Å². The number of rotatable bonds is 3. The maximum atomic E-state index is 12.2. The van der Waals surface area contributed by atoms with E-state index in [4.69, 9.17) is 30.5 Å². The summed E-state index contributed by atoms with van der Waals surface area (Å²) in [5, 5.41) is 0.520. The molecule has 31 heavy (non-hydrogen) atoms. The van der Waals surface area contributed by atoms with Gasteiger partial charge < -0.3 is 18.5 Å².